The summed E-state index contributed by atoms with van der Waals surface area (Å²) in [5.74, 6) is -0.327. The Kier molecular flexibility index (Phi) is 13.8. The Labute approximate surface area is 132 Å². The molecule has 0 aromatic carbocycles. The van der Waals surface area contributed by atoms with Gasteiger partial charge in [-0.2, -0.15) is 0 Å². The first-order chi connectivity index (χ1) is 10.2. The maximum atomic E-state index is 11.4. The number of unbranched alkanes of at least 4 members (excludes halogenated alkanes) is 2. The van der Waals surface area contributed by atoms with E-state index in [9.17, 15) is 4.79 Å². The number of carbonyl (C=O) groups excluding carboxylic acids is 1. The normalized spacial score (nSPS) is 13.8. The maximum Gasteiger partial charge on any atom is 0.330 e. The Hall–Kier alpha value is -0.653. The van der Waals surface area contributed by atoms with Crippen molar-refractivity contribution in [2.24, 2.45) is 0 Å². The lowest BCUT2D eigenvalue weighted by Crippen LogP contribution is -2.21. The highest BCUT2D eigenvalue weighted by Crippen LogP contribution is 2.17. The van der Waals surface area contributed by atoms with Crippen LogP contribution in [0.15, 0.2) is 12.7 Å². The second kappa shape index (κ2) is 14.3. The van der Waals surface area contributed by atoms with Crippen LogP contribution in [-0.4, -0.2) is 35.5 Å². The van der Waals surface area contributed by atoms with E-state index in [0.717, 1.165) is 38.5 Å². The van der Waals surface area contributed by atoms with Gasteiger partial charge in [-0.05, 0) is 32.1 Å². The Bertz CT molecular complexity index is 271. The molecule has 0 N–H and O–H groups in total. The number of hydrogen-bond donors (Lipinski definition) is 0. The lowest BCUT2D eigenvalue weighted by Gasteiger charge is -2.21. The molecule has 0 aliphatic rings. The monoisotopic (exact) mass is 316 g/mol. The van der Waals surface area contributed by atoms with E-state index in [1.54, 1.807) is 0 Å². The van der Waals surface area contributed by atoms with E-state index < -0.39 is 0 Å². The van der Waals surface area contributed by atoms with Crippen LogP contribution in [-0.2, 0) is 18.7 Å². The van der Waals surface area contributed by atoms with Gasteiger partial charge in [-0.1, -0.05) is 39.7 Å². The smallest absolute Gasteiger partial charge is 0.330 e. The number of ether oxygens (including phenoxy) is 2. The van der Waals surface area contributed by atoms with Gasteiger partial charge in [-0.25, -0.2) is 4.79 Å². The summed E-state index contributed by atoms with van der Waals surface area (Å²) in [6, 6.07) is 0. The van der Waals surface area contributed by atoms with E-state index in [1.807, 2.05) is 0 Å². The van der Waals surface area contributed by atoms with E-state index in [1.165, 1.54) is 18.9 Å². The van der Waals surface area contributed by atoms with Crippen LogP contribution in [0, 0.1) is 0 Å². The van der Waals surface area contributed by atoms with E-state index >= 15 is 0 Å². The fourth-order valence-electron chi connectivity index (χ4n) is 2.27. The van der Waals surface area contributed by atoms with Crippen molar-refractivity contribution in [2.75, 3.05) is 6.79 Å². The molecule has 0 heterocycles. The van der Waals surface area contributed by atoms with Gasteiger partial charge < -0.3 is 13.9 Å². The number of esters is 1. The van der Waals surface area contributed by atoms with Gasteiger partial charge in [0.1, 0.15) is 23.4 Å². The zero-order valence-corrected chi connectivity index (χ0v) is 15.9. The first-order valence-electron chi connectivity index (χ1n) is 8.11. The fraction of sp³-hybridized carbons (Fsp3) is 0.812. The quantitative estimate of drug-likeness (QED) is 0.162. The van der Waals surface area contributed by atoms with E-state index in [-0.39, 0.29) is 18.2 Å². The molecule has 0 bridgehead atoms. The molecule has 2 atom stereocenters. The third-order valence-electron chi connectivity index (χ3n) is 3.42. The maximum absolute atomic E-state index is 11.4. The molecular weight excluding hydrogens is 284 g/mol. The summed E-state index contributed by atoms with van der Waals surface area (Å²) in [6.45, 7) is 8.16. The number of rotatable bonds is 14. The van der Waals surface area contributed by atoms with Crippen molar-refractivity contribution in [3.63, 3.8) is 0 Å². The highest BCUT2D eigenvalue weighted by atomic mass is 28.2. The molecule has 0 spiro atoms. The Morgan fingerprint density at radius 3 is 2.38 bits per heavy atom. The number of hydrogen-bond acceptors (Lipinski definition) is 4. The van der Waals surface area contributed by atoms with E-state index in [4.69, 9.17) is 13.9 Å². The van der Waals surface area contributed by atoms with Crippen molar-refractivity contribution < 1.29 is 18.7 Å². The molecule has 0 saturated carbocycles. The zero-order chi connectivity index (χ0) is 15.9. The van der Waals surface area contributed by atoms with Crippen molar-refractivity contribution in [3.8, 4) is 0 Å². The van der Waals surface area contributed by atoms with Crippen LogP contribution >= 0.6 is 0 Å². The van der Waals surface area contributed by atoms with Crippen molar-refractivity contribution in [3.05, 3.63) is 12.7 Å². The molecule has 5 heteroatoms. The fourth-order valence-corrected chi connectivity index (χ4v) is 2.40. The summed E-state index contributed by atoms with van der Waals surface area (Å²) in [5, 5.41) is 0. The molecule has 0 fully saturated rings. The van der Waals surface area contributed by atoms with Crippen LogP contribution < -0.4 is 0 Å². The molecule has 0 aliphatic heterocycles. The summed E-state index contributed by atoms with van der Waals surface area (Å²) < 4.78 is 16.2. The van der Waals surface area contributed by atoms with Gasteiger partial charge in [0.15, 0.2) is 0 Å². The SMILES string of the molecule is C=CC(=O)OC(CCCCC)CCC(CCC)OCO[SiH3]. The molecule has 0 aliphatic carbocycles. The third-order valence-corrected chi connectivity index (χ3v) is 3.66. The van der Waals surface area contributed by atoms with Crippen LogP contribution in [0.1, 0.15) is 65.2 Å². The summed E-state index contributed by atoms with van der Waals surface area (Å²) in [7, 11) is 0.694. The predicted molar refractivity (Wildman–Crippen MR) is 89.1 cm³/mol. The lowest BCUT2D eigenvalue weighted by molar-refractivity contribution is -0.144. The Morgan fingerprint density at radius 2 is 1.81 bits per heavy atom. The Morgan fingerprint density at radius 1 is 1.10 bits per heavy atom. The van der Waals surface area contributed by atoms with Crippen molar-refractivity contribution in [1.29, 1.82) is 0 Å². The first-order valence-corrected chi connectivity index (χ1v) is 8.93. The second-order valence-corrected chi connectivity index (χ2v) is 5.90. The molecule has 0 rings (SSSR count). The summed E-state index contributed by atoms with van der Waals surface area (Å²) in [6.07, 6.45) is 9.60. The van der Waals surface area contributed by atoms with Gasteiger partial charge in [-0.15, -0.1) is 0 Å². The highest BCUT2D eigenvalue weighted by Gasteiger charge is 2.16. The van der Waals surface area contributed by atoms with Crippen LogP contribution in [0.3, 0.4) is 0 Å². The molecule has 124 valence electrons. The minimum atomic E-state index is -0.327. The van der Waals surface area contributed by atoms with E-state index in [2.05, 4.69) is 20.4 Å². The molecule has 2 unspecified atom stereocenters. The van der Waals surface area contributed by atoms with Crippen LogP contribution in [0.25, 0.3) is 0 Å². The largest absolute Gasteiger partial charge is 0.459 e. The first kappa shape index (κ1) is 20.3. The summed E-state index contributed by atoms with van der Waals surface area (Å²) in [5.41, 5.74) is 0. The molecular formula is C16H32O4Si. The van der Waals surface area contributed by atoms with Crippen molar-refractivity contribution in [1.82, 2.24) is 0 Å². The molecule has 0 aromatic heterocycles. The second-order valence-electron chi connectivity index (χ2n) is 5.32. The Balaban J connectivity index is 4.25. The van der Waals surface area contributed by atoms with Crippen LogP contribution in [0.5, 0.6) is 0 Å². The molecule has 0 radical (unpaired) electrons. The van der Waals surface area contributed by atoms with Gasteiger partial charge >= 0.3 is 5.97 Å². The van der Waals surface area contributed by atoms with Crippen molar-refractivity contribution in [2.45, 2.75) is 77.4 Å². The topological polar surface area (TPSA) is 44.8 Å². The predicted octanol–water partition coefficient (Wildman–Crippen LogP) is 2.88. The number of carbonyl (C=O) groups is 1. The third kappa shape index (κ3) is 11.7. The van der Waals surface area contributed by atoms with E-state index in [0.29, 0.717) is 17.3 Å². The zero-order valence-electron chi connectivity index (χ0n) is 13.9. The minimum absolute atomic E-state index is 0.0260. The molecule has 21 heavy (non-hydrogen) atoms. The van der Waals surface area contributed by atoms with Gasteiger partial charge in [0.2, 0.25) is 0 Å². The average molecular weight is 317 g/mol. The molecule has 0 saturated heterocycles. The van der Waals surface area contributed by atoms with Crippen LogP contribution in [0.4, 0.5) is 0 Å². The summed E-state index contributed by atoms with van der Waals surface area (Å²) >= 11 is 0. The lowest BCUT2D eigenvalue weighted by atomic mass is 10.0. The molecule has 0 aromatic rings. The van der Waals surface area contributed by atoms with Crippen molar-refractivity contribution >= 4 is 16.5 Å². The van der Waals surface area contributed by atoms with Gasteiger partial charge in [0.05, 0.1) is 6.10 Å². The van der Waals surface area contributed by atoms with Crippen LogP contribution in [0.2, 0.25) is 0 Å². The summed E-state index contributed by atoms with van der Waals surface area (Å²) in [4.78, 5) is 11.4. The van der Waals surface area contributed by atoms with Gasteiger partial charge in [0, 0.05) is 6.08 Å². The van der Waals surface area contributed by atoms with Gasteiger partial charge in [0.25, 0.3) is 0 Å². The highest BCUT2D eigenvalue weighted by molar-refractivity contribution is 5.97. The minimum Gasteiger partial charge on any atom is -0.459 e. The average Bonchev–Trinajstić information content (AvgIpc) is 2.49. The molecule has 4 nitrogen and oxygen atoms in total. The standard InChI is InChI=1S/C16H32O4Si/c1-4-7-8-10-15(20-16(17)6-3)12-11-14(9-5-2)18-13-19-21/h6,14-15H,3-5,7-13H2,1-2,21H3. The molecule has 0 amide bonds. The van der Waals surface area contributed by atoms with Gasteiger partial charge in [-0.3, -0.25) is 0 Å².